The fraction of sp³-hybridized carbons (Fsp3) is 0.600. The van der Waals surface area contributed by atoms with E-state index in [2.05, 4.69) is 50.9 Å². The molecule has 2 nitrogen and oxygen atoms in total. The molecule has 1 aromatic carbocycles. The summed E-state index contributed by atoms with van der Waals surface area (Å²) in [5.41, 5.74) is 3.27. The molecule has 1 aliphatic rings. The Hall–Kier alpha value is -0.860. The molecule has 0 aromatic heterocycles. The topological polar surface area (TPSA) is 23.5 Å². The summed E-state index contributed by atoms with van der Waals surface area (Å²) in [6.45, 7) is 7.19. The molecule has 0 bridgehead atoms. The Labute approximate surface area is 104 Å². The number of benzene rings is 1. The van der Waals surface area contributed by atoms with E-state index in [0.29, 0.717) is 6.04 Å². The van der Waals surface area contributed by atoms with Crippen molar-refractivity contribution < 1.29 is 5.11 Å². The molecule has 0 radical (unpaired) electrons. The molecule has 2 heteroatoms. The zero-order valence-electron chi connectivity index (χ0n) is 11.3. The maximum absolute atomic E-state index is 10.6. The van der Waals surface area contributed by atoms with E-state index in [1.165, 1.54) is 16.7 Å². The van der Waals surface area contributed by atoms with Gasteiger partial charge in [-0.1, -0.05) is 29.3 Å². The average Bonchev–Trinajstić information content (AvgIpc) is 2.37. The van der Waals surface area contributed by atoms with E-state index in [0.717, 1.165) is 19.4 Å². The fourth-order valence-corrected chi connectivity index (χ4v) is 3.07. The third-order valence-electron chi connectivity index (χ3n) is 3.79. The molecule has 2 unspecified atom stereocenters. The summed E-state index contributed by atoms with van der Waals surface area (Å²) in [6, 6.07) is 7.03. The number of β-amino-alcohol motifs (C(OH)–C–C–N with tert-alkyl or cyclic N) is 1. The van der Waals surface area contributed by atoms with E-state index >= 15 is 0 Å². The summed E-state index contributed by atoms with van der Waals surface area (Å²) in [7, 11) is 2.09. The van der Waals surface area contributed by atoms with Crippen molar-refractivity contribution in [1.82, 2.24) is 4.90 Å². The summed E-state index contributed by atoms with van der Waals surface area (Å²) in [5.74, 6) is 0. The molecule has 1 heterocycles. The van der Waals surface area contributed by atoms with Crippen LogP contribution in [0.2, 0.25) is 0 Å². The molecule has 0 spiro atoms. The third-order valence-corrected chi connectivity index (χ3v) is 3.79. The maximum atomic E-state index is 10.6. The van der Waals surface area contributed by atoms with E-state index in [4.69, 9.17) is 0 Å². The largest absolute Gasteiger partial charge is 0.388 e. The van der Waals surface area contributed by atoms with Gasteiger partial charge in [-0.2, -0.15) is 0 Å². The van der Waals surface area contributed by atoms with Gasteiger partial charge in [-0.3, -0.25) is 0 Å². The maximum Gasteiger partial charge on any atom is 0.0828 e. The van der Waals surface area contributed by atoms with E-state index < -0.39 is 5.60 Å². The minimum atomic E-state index is -0.547. The standard InChI is InChI=1S/C15H23NO/c1-11-5-12(2)7-14(6-11)9-15(17)8-13(3)16(4)10-15/h5-7,13,17H,8-10H2,1-4H3. The van der Waals surface area contributed by atoms with Gasteiger partial charge in [0.05, 0.1) is 5.60 Å². The normalized spacial score (nSPS) is 29.8. The Morgan fingerprint density at radius 2 is 1.88 bits per heavy atom. The number of aliphatic hydroxyl groups is 1. The van der Waals surface area contributed by atoms with Crippen LogP contribution in [-0.2, 0) is 6.42 Å². The summed E-state index contributed by atoms with van der Waals surface area (Å²) in [5, 5.41) is 10.6. The fourth-order valence-electron chi connectivity index (χ4n) is 3.07. The van der Waals surface area contributed by atoms with Crippen LogP contribution in [0.1, 0.15) is 30.0 Å². The summed E-state index contributed by atoms with van der Waals surface area (Å²) >= 11 is 0. The van der Waals surface area contributed by atoms with Gasteiger partial charge in [0.15, 0.2) is 0 Å². The number of aryl methyl sites for hydroxylation is 2. The van der Waals surface area contributed by atoms with Crippen LogP contribution in [0, 0.1) is 13.8 Å². The molecule has 0 aliphatic carbocycles. The molecule has 2 atom stereocenters. The van der Waals surface area contributed by atoms with Crippen molar-refractivity contribution in [2.24, 2.45) is 0 Å². The lowest BCUT2D eigenvalue weighted by Crippen LogP contribution is -2.34. The number of rotatable bonds is 2. The van der Waals surface area contributed by atoms with Gasteiger partial charge in [-0.15, -0.1) is 0 Å². The first-order valence-electron chi connectivity index (χ1n) is 6.38. The number of hydrogen-bond acceptors (Lipinski definition) is 2. The van der Waals surface area contributed by atoms with Gasteiger partial charge in [0.25, 0.3) is 0 Å². The van der Waals surface area contributed by atoms with E-state index in [1.807, 2.05) is 0 Å². The van der Waals surface area contributed by atoms with Gasteiger partial charge in [-0.05, 0) is 39.8 Å². The number of likely N-dealkylation sites (tertiary alicyclic amines) is 1. The highest BCUT2D eigenvalue weighted by Gasteiger charge is 2.38. The molecule has 94 valence electrons. The van der Waals surface area contributed by atoms with Gasteiger partial charge >= 0.3 is 0 Å². The zero-order valence-corrected chi connectivity index (χ0v) is 11.3. The van der Waals surface area contributed by atoms with Crippen molar-refractivity contribution in [3.8, 4) is 0 Å². The van der Waals surface area contributed by atoms with Crippen LogP contribution in [-0.4, -0.2) is 35.2 Å². The number of nitrogens with zero attached hydrogens (tertiary/aromatic N) is 1. The van der Waals surface area contributed by atoms with Crippen molar-refractivity contribution >= 4 is 0 Å². The first-order chi connectivity index (χ1) is 7.88. The Morgan fingerprint density at radius 3 is 2.35 bits per heavy atom. The zero-order chi connectivity index (χ0) is 12.6. The Bertz CT molecular complexity index is 383. The summed E-state index contributed by atoms with van der Waals surface area (Å²) in [4.78, 5) is 2.24. The lowest BCUT2D eigenvalue weighted by atomic mass is 9.91. The van der Waals surface area contributed by atoms with Gasteiger partial charge in [-0.25, -0.2) is 0 Å². The van der Waals surface area contributed by atoms with Gasteiger partial charge in [0.1, 0.15) is 0 Å². The molecule has 2 rings (SSSR count). The molecule has 1 aliphatic heterocycles. The van der Waals surface area contributed by atoms with Crippen molar-refractivity contribution in [1.29, 1.82) is 0 Å². The molecule has 1 aromatic rings. The Balaban J connectivity index is 2.15. The van der Waals surface area contributed by atoms with Crippen molar-refractivity contribution in [2.75, 3.05) is 13.6 Å². The minimum absolute atomic E-state index is 0.478. The quantitative estimate of drug-likeness (QED) is 0.847. The molecule has 17 heavy (non-hydrogen) atoms. The van der Waals surface area contributed by atoms with Crippen molar-refractivity contribution in [3.63, 3.8) is 0 Å². The van der Waals surface area contributed by atoms with Crippen LogP contribution in [0.25, 0.3) is 0 Å². The van der Waals surface area contributed by atoms with E-state index in [-0.39, 0.29) is 0 Å². The molecular formula is C15H23NO. The summed E-state index contributed by atoms with van der Waals surface area (Å²) in [6.07, 6.45) is 1.64. The minimum Gasteiger partial charge on any atom is -0.388 e. The number of hydrogen-bond donors (Lipinski definition) is 1. The van der Waals surface area contributed by atoms with E-state index in [9.17, 15) is 5.11 Å². The molecular weight excluding hydrogens is 210 g/mol. The molecule has 0 saturated carbocycles. The van der Waals surface area contributed by atoms with Crippen LogP contribution in [0.3, 0.4) is 0 Å². The van der Waals surface area contributed by atoms with Crippen LogP contribution >= 0.6 is 0 Å². The second-order valence-corrected chi connectivity index (χ2v) is 5.87. The highest BCUT2D eigenvalue weighted by molar-refractivity contribution is 5.29. The Kier molecular flexibility index (Phi) is 3.28. The lowest BCUT2D eigenvalue weighted by molar-refractivity contribution is 0.0520. The van der Waals surface area contributed by atoms with Crippen LogP contribution in [0.15, 0.2) is 18.2 Å². The second kappa shape index (κ2) is 4.43. The monoisotopic (exact) mass is 233 g/mol. The third kappa shape index (κ3) is 2.88. The highest BCUT2D eigenvalue weighted by atomic mass is 16.3. The van der Waals surface area contributed by atoms with Crippen LogP contribution < -0.4 is 0 Å². The predicted molar refractivity (Wildman–Crippen MR) is 71.3 cm³/mol. The highest BCUT2D eigenvalue weighted by Crippen LogP contribution is 2.29. The van der Waals surface area contributed by atoms with Crippen molar-refractivity contribution in [2.45, 2.75) is 45.3 Å². The van der Waals surface area contributed by atoms with Crippen LogP contribution in [0.4, 0.5) is 0 Å². The molecule has 0 amide bonds. The van der Waals surface area contributed by atoms with Crippen LogP contribution in [0.5, 0.6) is 0 Å². The van der Waals surface area contributed by atoms with Gasteiger partial charge < -0.3 is 10.0 Å². The molecule has 1 saturated heterocycles. The van der Waals surface area contributed by atoms with E-state index in [1.54, 1.807) is 0 Å². The number of likely N-dealkylation sites (N-methyl/N-ethyl adjacent to an activating group) is 1. The van der Waals surface area contributed by atoms with Gasteiger partial charge in [0.2, 0.25) is 0 Å². The van der Waals surface area contributed by atoms with Gasteiger partial charge in [0, 0.05) is 19.0 Å². The first-order valence-corrected chi connectivity index (χ1v) is 6.38. The summed E-state index contributed by atoms with van der Waals surface area (Å²) < 4.78 is 0. The predicted octanol–water partition coefficient (Wildman–Crippen LogP) is 2.30. The molecule has 1 fully saturated rings. The SMILES string of the molecule is Cc1cc(C)cc(CC2(O)CC(C)N(C)C2)c1. The molecule has 1 N–H and O–H groups in total. The first kappa shape index (κ1) is 12.6. The van der Waals surface area contributed by atoms with Crippen molar-refractivity contribution in [3.05, 3.63) is 34.9 Å². The Morgan fingerprint density at radius 1 is 1.29 bits per heavy atom. The second-order valence-electron chi connectivity index (χ2n) is 5.87. The lowest BCUT2D eigenvalue weighted by Gasteiger charge is -2.22. The smallest absolute Gasteiger partial charge is 0.0828 e. The average molecular weight is 233 g/mol.